The van der Waals surface area contributed by atoms with E-state index in [9.17, 15) is 4.79 Å². The molecule has 0 aliphatic carbocycles. The molecule has 0 aliphatic heterocycles. The molecule has 0 radical (unpaired) electrons. The predicted molar refractivity (Wildman–Crippen MR) is 80.3 cm³/mol. The second kappa shape index (κ2) is 6.53. The van der Waals surface area contributed by atoms with Crippen LogP contribution in [0.2, 0.25) is 0 Å². The van der Waals surface area contributed by atoms with Crippen molar-refractivity contribution in [2.45, 2.75) is 0 Å². The average Bonchev–Trinajstić information content (AvgIpc) is 3.09. The topological polar surface area (TPSA) is 77.2 Å². The van der Waals surface area contributed by atoms with Gasteiger partial charge in [-0.2, -0.15) is 0 Å². The average molecular weight is 295 g/mol. The van der Waals surface area contributed by atoms with Gasteiger partial charge in [-0.15, -0.1) is 10.2 Å². The molecule has 1 amide bonds. The van der Waals surface area contributed by atoms with E-state index >= 15 is 0 Å². The number of nitrogens with one attached hydrogen (secondary N) is 1. The molecule has 1 heterocycles. The maximum absolute atomic E-state index is 11.8. The van der Waals surface area contributed by atoms with Crippen LogP contribution in [0.25, 0.3) is 11.5 Å². The van der Waals surface area contributed by atoms with E-state index in [0.717, 1.165) is 11.3 Å². The van der Waals surface area contributed by atoms with Crippen LogP contribution < -0.4 is 10.1 Å². The minimum atomic E-state index is -0.227. The number of benzene rings is 2. The van der Waals surface area contributed by atoms with Crippen LogP contribution in [0.1, 0.15) is 0 Å². The minimum absolute atomic E-state index is 0.0812. The molecule has 0 spiro atoms. The van der Waals surface area contributed by atoms with Crippen molar-refractivity contribution in [1.29, 1.82) is 0 Å². The Bertz CT molecular complexity index is 742. The largest absolute Gasteiger partial charge is 0.484 e. The number of aromatic nitrogens is 2. The lowest BCUT2D eigenvalue weighted by atomic mass is 10.2. The van der Waals surface area contributed by atoms with Crippen LogP contribution in [-0.2, 0) is 4.79 Å². The Morgan fingerprint density at radius 2 is 2.00 bits per heavy atom. The lowest BCUT2D eigenvalue weighted by Crippen LogP contribution is -2.20. The molecule has 6 nitrogen and oxygen atoms in total. The van der Waals surface area contributed by atoms with Crippen LogP contribution in [0.3, 0.4) is 0 Å². The highest BCUT2D eigenvalue weighted by Gasteiger charge is 2.07. The van der Waals surface area contributed by atoms with E-state index in [4.69, 9.17) is 9.15 Å². The summed E-state index contributed by atoms with van der Waals surface area (Å²) in [6.07, 6.45) is 1.26. The van der Waals surface area contributed by atoms with Gasteiger partial charge in [-0.1, -0.05) is 24.3 Å². The summed E-state index contributed by atoms with van der Waals surface area (Å²) in [7, 11) is 0. The van der Waals surface area contributed by atoms with Crippen LogP contribution in [0, 0.1) is 0 Å². The third-order valence-corrected chi connectivity index (χ3v) is 2.87. The van der Waals surface area contributed by atoms with Gasteiger partial charge < -0.3 is 14.5 Å². The fraction of sp³-hybridized carbons (Fsp3) is 0.0625. The fourth-order valence-corrected chi connectivity index (χ4v) is 1.89. The maximum Gasteiger partial charge on any atom is 0.262 e. The molecule has 2 aromatic carbocycles. The number of para-hydroxylation sites is 1. The summed E-state index contributed by atoms with van der Waals surface area (Å²) in [6, 6.07) is 16.3. The highest BCUT2D eigenvalue weighted by Crippen LogP contribution is 2.21. The van der Waals surface area contributed by atoms with Crippen molar-refractivity contribution in [2.75, 3.05) is 11.9 Å². The van der Waals surface area contributed by atoms with E-state index in [2.05, 4.69) is 15.5 Å². The molecule has 0 atom stereocenters. The van der Waals surface area contributed by atoms with Crippen molar-refractivity contribution in [1.82, 2.24) is 10.2 Å². The molecule has 6 heteroatoms. The lowest BCUT2D eigenvalue weighted by Gasteiger charge is -2.08. The van der Waals surface area contributed by atoms with E-state index in [1.807, 2.05) is 36.4 Å². The van der Waals surface area contributed by atoms with E-state index in [1.165, 1.54) is 6.39 Å². The van der Waals surface area contributed by atoms with E-state index < -0.39 is 0 Å². The van der Waals surface area contributed by atoms with Gasteiger partial charge in [-0.25, -0.2) is 0 Å². The summed E-state index contributed by atoms with van der Waals surface area (Å²) < 4.78 is 10.6. The number of hydrogen-bond acceptors (Lipinski definition) is 5. The third kappa shape index (κ3) is 3.49. The first-order valence-electron chi connectivity index (χ1n) is 6.65. The van der Waals surface area contributed by atoms with Gasteiger partial charge in [0, 0.05) is 11.3 Å². The molecule has 22 heavy (non-hydrogen) atoms. The molecule has 3 rings (SSSR count). The third-order valence-electron chi connectivity index (χ3n) is 2.87. The Kier molecular flexibility index (Phi) is 4.10. The number of nitrogens with zero attached hydrogens (tertiary/aromatic N) is 2. The molecule has 3 aromatic rings. The fourth-order valence-electron chi connectivity index (χ4n) is 1.89. The monoisotopic (exact) mass is 295 g/mol. The quantitative estimate of drug-likeness (QED) is 0.783. The highest BCUT2D eigenvalue weighted by molar-refractivity contribution is 5.91. The van der Waals surface area contributed by atoms with Gasteiger partial charge >= 0.3 is 0 Å². The normalized spacial score (nSPS) is 10.2. The van der Waals surface area contributed by atoms with Crippen molar-refractivity contribution in [3.8, 4) is 17.2 Å². The van der Waals surface area contributed by atoms with Gasteiger partial charge in [0.15, 0.2) is 6.61 Å². The number of carbonyl (C=O) groups is 1. The SMILES string of the molecule is O=C(COc1cccc(-c2nnco2)c1)Nc1ccccc1. The first-order chi connectivity index (χ1) is 10.8. The second-order valence-corrected chi connectivity index (χ2v) is 4.47. The number of rotatable bonds is 5. The molecule has 0 unspecified atom stereocenters. The van der Waals surface area contributed by atoms with E-state index in [1.54, 1.807) is 18.2 Å². The lowest BCUT2D eigenvalue weighted by molar-refractivity contribution is -0.118. The van der Waals surface area contributed by atoms with Crippen molar-refractivity contribution in [3.05, 3.63) is 61.0 Å². The summed E-state index contributed by atoms with van der Waals surface area (Å²) in [5.74, 6) is 0.729. The maximum atomic E-state index is 11.8. The molecule has 0 bridgehead atoms. The first kappa shape index (κ1) is 13.8. The Morgan fingerprint density at radius 3 is 2.77 bits per heavy atom. The number of carbonyl (C=O) groups excluding carboxylic acids is 1. The number of ether oxygens (including phenoxy) is 1. The predicted octanol–water partition coefficient (Wildman–Crippen LogP) is 2.75. The molecule has 0 saturated heterocycles. The molecule has 0 saturated carbocycles. The zero-order chi connectivity index (χ0) is 15.2. The van der Waals surface area contributed by atoms with Crippen molar-refractivity contribution in [2.24, 2.45) is 0 Å². The summed E-state index contributed by atoms with van der Waals surface area (Å²) in [5.41, 5.74) is 1.47. The van der Waals surface area contributed by atoms with Crippen LogP contribution in [0.15, 0.2) is 65.4 Å². The molecule has 0 aliphatic rings. The Morgan fingerprint density at radius 1 is 1.14 bits per heavy atom. The molecule has 0 fully saturated rings. The first-order valence-corrected chi connectivity index (χ1v) is 6.65. The summed E-state index contributed by atoms with van der Waals surface area (Å²) in [4.78, 5) is 11.8. The van der Waals surface area contributed by atoms with Gasteiger partial charge in [0.2, 0.25) is 12.3 Å². The Balaban J connectivity index is 1.60. The van der Waals surface area contributed by atoms with Gasteiger partial charge in [0.05, 0.1) is 0 Å². The van der Waals surface area contributed by atoms with Crippen molar-refractivity contribution in [3.63, 3.8) is 0 Å². The smallest absolute Gasteiger partial charge is 0.262 e. The van der Waals surface area contributed by atoms with Crippen LogP contribution in [0.5, 0.6) is 5.75 Å². The van der Waals surface area contributed by atoms with Gasteiger partial charge in [-0.05, 0) is 30.3 Å². The molecule has 1 N–H and O–H groups in total. The standard InChI is InChI=1S/C16H13N3O3/c20-15(18-13-6-2-1-3-7-13)10-21-14-8-4-5-12(9-14)16-19-17-11-22-16/h1-9,11H,10H2,(H,18,20). The molecule has 110 valence electrons. The van der Waals surface area contributed by atoms with E-state index in [0.29, 0.717) is 11.6 Å². The number of amides is 1. The van der Waals surface area contributed by atoms with E-state index in [-0.39, 0.29) is 12.5 Å². The van der Waals surface area contributed by atoms with Crippen LogP contribution in [0.4, 0.5) is 5.69 Å². The molecule has 1 aromatic heterocycles. The molecular formula is C16H13N3O3. The van der Waals surface area contributed by atoms with Crippen molar-refractivity contribution < 1.29 is 13.9 Å². The van der Waals surface area contributed by atoms with Crippen LogP contribution in [-0.4, -0.2) is 22.7 Å². The van der Waals surface area contributed by atoms with Gasteiger partial charge in [0.1, 0.15) is 5.75 Å². The summed E-state index contributed by atoms with van der Waals surface area (Å²) in [5, 5.41) is 10.2. The van der Waals surface area contributed by atoms with Crippen molar-refractivity contribution >= 4 is 11.6 Å². The summed E-state index contributed by atoms with van der Waals surface area (Å²) >= 11 is 0. The highest BCUT2D eigenvalue weighted by atomic mass is 16.5. The second-order valence-electron chi connectivity index (χ2n) is 4.47. The minimum Gasteiger partial charge on any atom is -0.484 e. The van der Waals surface area contributed by atoms with Gasteiger partial charge in [0.25, 0.3) is 5.91 Å². The zero-order valence-electron chi connectivity index (χ0n) is 11.6. The number of anilines is 1. The van der Waals surface area contributed by atoms with Crippen LogP contribution >= 0.6 is 0 Å². The molecular weight excluding hydrogens is 282 g/mol. The van der Waals surface area contributed by atoms with Gasteiger partial charge in [-0.3, -0.25) is 4.79 Å². The Labute approximate surface area is 126 Å². The zero-order valence-corrected chi connectivity index (χ0v) is 11.6. The Hall–Kier alpha value is -3.15. The summed E-state index contributed by atoms with van der Waals surface area (Å²) in [6.45, 7) is -0.0812. The number of hydrogen-bond donors (Lipinski definition) is 1.